The van der Waals surface area contributed by atoms with E-state index in [0.29, 0.717) is 0 Å². The molecule has 1 aromatic heterocycles. The van der Waals surface area contributed by atoms with Crippen molar-refractivity contribution < 1.29 is 4.74 Å². The molecule has 0 fully saturated rings. The van der Waals surface area contributed by atoms with Gasteiger partial charge in [-0.15, -0.1) is 11.3 Å². The summed E-state index contributed by atoms with van der Waals surface area (Å²) < 4.78 is 8.82. The number of rotatable bonds is 1. The van der Waals surface area contributed by atoms with Crippen LogP contribution < -0.4 is 4.74 Å². The summed E-state index contributed by atoms with van der Waals surface area (Å²) in [6.45, 7) is 0. The molecule has 0 aliphatic heterocycles. The fourth-order valence-electron chi connectivity index (χ4n) is 1.21. The lowest BCUT2D eigenvalue weighted by molar-refractivity contribution is 0.417. The predicted molar refractivity (Wildman–Crippen MR) is 68.8 cm³/mol. The average Bonchev–Trinajstić information content (AvgIpc) is 2.54. The molecule has 2 rings (SSSR count). The zero-order valence-electron chi connectivity index (χ0n) is 6.80. The van der Waals surface area contributed by atoms with Crippen LogP contribution >= 0.6 is 49.9 Å². The Balaban J connectivity index is 2.87. The molecule has 0 N–H and O–H groups in total. The van der Waals surface area contributed by atoms with E-state index in [1.807, 2.05) is 0 Å². The number of benzene rings is 1. The van der Waals surface area contributed by atoms with Gasteiger partial charge in [0.25, 0.3) is 0 Å². The van der Waals surface area contributed by atoms with Crippen LogP contribution in [0.4, 0.5) is 0 Å². The van der Waals surface area contributed by atoms with E-state index in [9.17, 15) is 0 Å². The molecule has 0 amide bonds. The highest BCUT2D eigenvalue weighted by atomic mass is 127. The van der Waals surface area contributed by atoms with Crippen molar-refractivity contribution in [1.82, 2.24) is 0 Å². The summed E-state index contributed by atoms with van der Waals surface area (Å²) in [5.41, 5.74) is 0. The highest BCUT2D eigenvalue weighted by molar-refractivity contribution is 14.1. The van der Waals surface area contributed by atoms with Crippen LogP contribution in [0, 0.1) is 3.57 Å². The fraction of sp³-hybridized carbons (Fsp3) is 0.111. The minimum atomic E-state index is 0.972. The predicted octanol–water partition coefficient (Wildman–Crippen LogP) is 4.28. The Hall–Kier alpha value is 0.190. The van der Waals surface area contributed by atoms with Crippen molar-refractivity contribution in [3.63, 3.8) is 0 Å². The van der Waals surface area contributed by atoms with E-state index in [1.54, 1.807) is 18.4 Å². The van der Waals surface area contributed by atoms with Gasteiger partial charge in [0.2, 0.25) is 0 Å². The van der Waals surface area contributed by atoms with Gasteiger partial charge in [-0.2, -0.15) is 0 Å². The standard InChI is InChI=1S/C9H6BrIOS/c1-12-8-7(11)6(10)4-5-2-3-13-9(5)8/h2-4H,1H3. The first-order valence-corrected chi connectivity index (χ1v) is 6.38. The van der Waals surface area contributed by atoms with Crippen molar-refractivity contribution >= 4 is 59.9 Å². The molecule has 0 saturated heterocycles. The number of hydrogen-bond acceptors (Lipinski definition) is 2. The Morgan fingerprint density at radius 3 is 3.00 bits per heavy atom. The first-order chi connectivity index (χ1) is 6.24. The minimum absolute atomic E-state index is 0.972. The first kappa shape index (κ1) is 9.73. The van der Waals surface area contributed by atoms with E-state index in [2.05, 4.69) is 56.0 Å². The molecule has 1 nitrogen and oxygen atoms in total. The molecule has 0 aliphatic carbocycles. The molecule has 0 saturated carbocycles. The van der Waals surface area contributed by atoms with E-state index in [1.165, 1.54) is 10.1 Å². The smallest absolute Gasteiger partial charge is 0.151 e. The lowest BCUT2D eigenvalue weighted by atomic mass is 10.2. The molecule has 0 bridgehead atoms. The second kappa shape index (κ2) is 3.74. The SMILES string of the molecule is COc1c(I)c(Br)cc2ccsc12. The van der Waals surface area contributed by atoms with Gasteiger partial charge in [-0.25, -0.2) is 0 Å². The lowest BCUT2D eigenvalue weighted by Gasteiger charge is -2.06. The van der Waals surface area contributed by atoms with Crippen LogP contribution in [0.2, 0.25) is 0 Å². The summed E-state index contributed by atoms with van der Waals surface area (Å²) in [7, 11) is 1.71. The second-order valence-electron chi connectivity index (χ2n) is 2.54. The van der Waals surface area contributed by atoms with Gasteiger partial charge >= 0.3 is 0 Å². The molecule has 0 radical (unpaired) electrons. The van der Waals surface area contributed by atoms with E-state index in [0.717, 1.165) is 13.8 Å². The number of hydrogen-bond donors (Lipinski definition) is 0. The van der Waals surface area contributed by atoms with Crippen LogP contribution in [0.15, 0.2) is 22.0 Å². The number of methoxy groups -OCH3 is 1. The third-order valence-electron chi connectivity index (χ3n) is 1.80. The molecule has 1 heterocycles. The zero-order valence-corrected chi connectivity index (χ0v) is 11.4. The molecular formula is C9H6BrIOS. The third kappa shape index (κ3) is 1.59. The highest BCUT2D eigenvalue weighted by Crippen LogP contribution is 2.38. The maximum atomic E-state index is 5.37. The average molecular weight is 369 g/mol. The normalized spacial score (nSPS) is 10.7. The van der Waals surface area contributed by atoms with Gasteiger partial charge in [0, 0.05) is 4.47 Å². The molecule has 4 heteroatoms. The van der Waals surface area contributed by atoms with Gasteiger partial charge in [0.05, 0.1) is 15.4 Å². The maximum absolute atomic E-state index is 5.37. The second-order valence-corrected chi connectivity index (χ2v) is 5.39. The fourth-order valence-corrected chi connectivity index (χ4v) is 3.37. The van der Waals surface area contributed by atoms with E-state index < -0.39 is 0 Å². The summed E-state index contributed by atoms with van der Waals surface area (Å²) in [5.74, 6) is 0.972. The summed E-state index contributed by atoms with van der Waals surface area (Å²) in [4.78, 5) is 0. The van der Waals surface area contributed by atoms with Crippen LogP contribution in [0.25, 0.3) is 10.1 Å². The minimum Gasteiger partial charge on any atom is -0.494 e. The highest BCUT2D eigenvalue weighted by Gasteiger charge is 2.10. The van der Waals surface area contributed by atoms with Gasteiger partial charge < -0.3 is 4.74 Å². The van der Waals surface area contributed by atoms with Gasteiger partial charge in [-0.05, 0) is 61.4 Å². The third-order valence-corrected chi connectivity index (χ3v) is 5.16. The molecule has 0 unspecified atom stereocenters. The van der Waals surface area contributed by atoms with Crippen molar-refractivity contribution in [2.75, 3.05) is 7.11 Å². The zero-order chi connectivity index (χ0) is 9.42. The van der Waals surface area contributed by atoms with Crippen LogP contribution in [0.1, 0.15) is 0 Å². The van der Waals surface area contributed by atoms with Crippen LogP contribution in [0.3, 0.4) is 0 Å². The Morgan fingerprint density at radius 1 is 1.54 bits per heavy atom. The van der Waals surface area contributed by atoms with E-state index in [4.69, 9.17) is 4.74 Å². The lowest BCUT2D eigenvalue weighted by Crippen LogP contribution is -1.87. The van der Waals surface area contributed by atoms with Crippen molar-refractivity contribution in [1.29, 1.82) is 0 Å². The first-order valence-electron chi connectivity index (χ1n) is 3.63. The molecule has 0 spiro atoms. The van der Waals surface area contributed by atoms with Crippen molar-refractivity contribution in [3.05, 3.63) is 25.6 Å². The number of fused-ring (bicyclic) bond motifs is 1. The molecule has 68 valence electrons. The van der Waals surface area contributed by atoms with Crippen molar-refractivity contribution in [3.8, 4) is 5.75 Å². The topological polar surface area (TPSA) is 9.23 Å². The molecule has 0 atom stereocenters. The van der Waals surface area contributed by atoms with Crippen LogP contribution in [0.5, 0.6) is 5.75 Å². The quantitative estimate of drug-likeness (QED) is 0.683. The van der Waals surface area contributed by atoms with E-state index >= 15 is 0 Å². The summed E-state index contributed by atoms with van der Waals surface area (Å²) in [6.07, 6.45) is 0. The largest absolute Gasteiger partial charge is 0.494 e. The molecule has 13 heavy (non-hydrogen) atoms. The summed E-state index contributed by atoms with van der Waals surface area (Å²) in [6, 6.07) is 4.22. The Labute approximate surface area is 102 Å². The van der Waals surface area contributed by atoms with Gasteiger partial charge in [0.15, 0.2) is 5.75 Å². The number of halogens is 2. The maximum Gasteiger partial charge on any atom is 0.151 e. The summed E-state index contributed by atoms with van der Waals surface area (Å²) in [5, 5.41) is 3.31. The van der Waals surface area contributed by atoms with Crippen LogP contribution in [-0.4, -0.2) is 7.11 Å². The van der Waals surface area contributed by atoms with E-state index in [-0.39, 0.29) is 0 Å². The van der Waals surface area contributed by atoms with Gasteiger partial charge in [-0.1, -0.05) is 0 Å². The van der Waals surface area contributed by atoms with Gasteiger partial charge in [0.1, 0.15) is 0 Å². The molecule has 1 aromatic carbocycles. The number of thiophene rings is 1. The monoisotopic (exact) mass is 368 g/mol. The Morgan fingerprint density at radius 2 is 2.31 bits per heavy atom. The Kier molecular flexibility index (Phi) is 2.80. The van der Waals surface area contributed by atoms with Gasteiger partial charge in [-0.3, -0.25) is 0 Å². The van der Waals surface area contributed by atoms with Crippen molar-refractivity contribution in [2.24, 2.45) is 0 Å². The number of ether oxygens (including phenoxy) is 1. The van der Waals surface area contributed by atoms with Crippen LogP contribution in [-0.2, 0) is 0 Å². The van der Waals surface area contributed by atoms with Crippen molar-refractivity contribution in [2.45, 2.75) is 0 Å². The molecular weight excluding hydrogens is 363 g/mol. The Bertz CT molecular complexity index is 452. The molecule has 0 aliphatic rings. The summed E-state index contributed by atoms with van der Waals surface area (Å²) >= 11 is 7.51. The molecule has 2 aromatic rings.